The van der Waals surface area contributed by atoms with E-state index in [0.717, 1.165) is 6.07 Å². The number of carboxylic acid groups (broad SMARTS) is 1. The quantitative estimate of drug-likeness (QED) is 0.424. The highest BCUT2D eigenvalue weighted by Gasteiger charge is 2.20. The monoisotopic (exact) mass is 416 g/mol. The van der Waals surface area contributed by atoms with Crippen molar-refractivity contribution in [3.8, 4) is 17.7 Å². The molecular weight excluding hydrogens is 399 g/mol. The minimum absolute atomic E-state index is 0.0192. The van der Waals surface area contributed by atoms with Gasteiger partial charge in [-0.1, -0.05) is 20.8 Å². The first-order chi connectivity index (χ1) is 14.0. The lowest BCUT2D eigenvalue weighted by Crippen LogP contribution is -2.34. The highest BCUT2D eigenvalue weighted by molar-refractivity contribution is 6.46. The van der Waals surface area contributed by atoms with Gasteiger partial charge in [-0.15, -0.1) is 5.10 Å². The second-order valence-electron chi connectivity index (χ2n) is 6.89. The minimum Gasteiger partial charge on any atom is -0.465 e. The van der Waals surface area contributed by atoms with Crippen LogP contribution < -0.4 is 21.0 Å². The minimum atomic E-state index is -1.65. The van der Waals surface area contributed by atoms with E-state index in [4.69, 9.17) is 15.1 Å². The van der Waals surface area contributed by atoms with E-state index in [-0.39, 0.29) is 22.9 Å². The van der Waals surface area contributed by atoms with Crippen LogP contribution in [0.4, 0.5) is 14.9 Å². The molecule has 0 aliphatic heterocycles. The zero-order valence-electron chi connectivity index (χ0n) is 16.1. The van der Waals surface area contributed by atoms with Gasteiger partial charge in [0, 0.05) is 17.7 Å². The van der Waals surface area contributed by atoms with Gasteiger partial charge in [0.05, 0.1) is 5.69 Å². The van der Waals surface area contributed by atoms with Crippen LogP contribution in [0.25, 0.3) is 0 Å². The van der Waals surface area contributed by atoms with Crippen LogP contribution in [-0.4, -0.2) is 33.0 Å². The van der Waals surface area contributed by atoms with Gasteiger partial charge in [-0.05, 0) is 17.5 Å². The van der Waals surface area contributed by atoms with Crippen LogP contribution in [0.5, 0.6) is 11.6 Å². The molecule has 2 amide bonds. The summed E-state index contributed by atoms with van der Waals surface area (Å²) < 4.78 is 19.7. The van der Waals surface area contributed by atoms with Gasteiger partial charge in [0.1, 0.15) is 6.07 Å². The van der Waals surface area contributed by atoms with E-state index in [2.05, 4.69) is 20.7 Å². The van der Waals surface area contributed by atoms with Gasteiger partial charge in [-0.3, -0.25) is 20.3 Å². The summed E-state index contributed by atoms with van der Waals surface area (Å²) in [6.07, 6.45) is -1.65. The Morgan fingerprint density at radius 2 is 2.03 bits per heavy atom. The lowest BCUT2D eigenvalue weighted by molar-refractivity contribution is -0.114. The Hall–Kier alpha value is -4.27. The molecule has 0 aliphatic rings. The van der Waals surface area contributed by atoms with Crippen LogP contribution >= 0.6 is 0 Å². The number of halogens is 1. The zero-order chi connectivity index (χ0) is 22.5. The second kappa shape index (κ2) is 8.82. The maximum atomic E-state index is 14.4. The summed E-state index contributed by atoms with van der Waals surface area (Å²) in [4.78, 5) is 33.8. The number of nitrogens with zero attached hydrogens (tertiary/aromatic N) is 3. The Kier molecular flexibility index (Phi) is 6.48. The first kappa shape index (κ1) is 22.0. The first-order valence-electron chi connectivity index (χ1n) is 8.37. The Labute approximate surface area is 169 Å². The van der Waals surface area contributed by atoms with Gasteiger partial charge < -0.3 is 9.84 Å². The number of nitriles is 1. The van der Waals surface area contributed by atoms with E-state index in [1.54, 1.807) is 0 Å². The standard InChI is InChI=1S/C18H17FN6O5/c1-18(2,3)10-7-14(24-25-15(10)26)30-13-5-4-9(6-11(13)19)22-23-12(8-20)16(27)21-17(28)29/h4-7,22H,1-3H3,(H,21,27)(H,25,26)(H,28,29)/b23-12-. The van der Waals surface area contributed by atoms with Crippen LogP contribution in [0.1, 0.15) is 26.3 Å². The molecule has 0 radical (unpaired) electrons. The molecule has 0 unspecified atom stereocenters. The summed E-state index contributed by atoms with van der Waals surface area (Å²) in [5.74, 6) is -2.28. The van der Waals surface area contributed by atoms with Gasteiger partial charge >= 0.3 is 6.09 Å². The molecule has 4 N–H and O–H groups in total. The molecule has 0 fully saturated rings. The van der Waals surface area contributed by atoms with Crippen molar-refractivity contribution in [2.24, 2.45) is 5.10 Å². The second-order valence-corrected chi connectivity index (χ2v) is 6.89. The maximum Gasteiger partial charge on any atom is 0.411 e. The van der Waals surface area contributed by atoms with Crippen molar-refractivity contribution >= 4 is 23.4 Å². The van der Waals surface area contributed by atoms with Crippen molar-refractivity contribution in [3.63, 3.8) is 0 Å². The van der Waals surface area contributed by atoms with E-state index in [1.165, 1.54) is 29.6 Å². The summed E-state index contributed by atoms with van der Waals surface area (Å²) in [5, 5.41) is 28.2. The number of aromatic nitrogens is 2. The summed E-state index contributed by atoms with van der Waals surface area (Å²) in [7, 11) is 0. The van der Waals surface area contributed by atoms with Gasteiger partial charge in [0.15, 0.2) is 11.6 Å². The van der Waals surface area contributed by atoms with Crippen LogP contribution in [0.2, 0.25) is 0 Å². The Balaban J connectivity index is 2.19. The van der Waals surface area contributed by atoms with E-state index in [9.17, 15) is 18.8 Å². The maximum absolute atomic E-state index is 14.4. The number of carbonyl (C=O) groups is 2. The molecule has 0 aliphatic carbocycles. The summed E-state index contributed by atoms with van der Waals surface area (Å²) in [6, 6.07) is 6.37. The molecule has 1 heterocycles. The number of carbonyl (C=O) groups excluding carboxylic acids is 1. The van der Waals surface area contributed by atoms with Crippen molar-refractivity contribution in [3.05, 3.63) is 46.0 Å². The third-order valence-corrected chi connectivity index (χ3v) is 3.57. The zero-order valence-corrected chi connectivity index (χ0v) is 16.1. The number of amides is 2. The predicted octanol–water partition coefficient (Wildman–Crippen LogP) is 2.08. The molecule has 0 atom stereocenters. The van der Waals surface area contributed by atoms with Crippen molar-refractivity contribution in [1.82, 2.24) is 15.5 Å². The number of imide groups is 1. The van der Waals surface area contributed by atoms with E-state index in [1.807, 2.05) is 20.8 Å². The predicted molar refractivity (Wildman–Crippen MR) is 103 cm³/mol. The topological polar surface area (TPSA) is 170 Å². The van der Waals surface area contributed by atoms with Gasteiger partial charge in [-0.25, -0.2) is 14.3 Å². The lowest BCUT2D eigenvalue weighted by atomic mass is 9.88. The first-order valence-corrected chi connectivity index (χ1v) is 8.37. The molecule has 1 aromatic heterocycles. The fourth-order valence-corrected chi connectivity index (χ4v) is 2.17. The molecule has 0 saturated carbocycles. The van der Waals surface area contributed by atoms with Crippen molar-refractivity contribution < 1.29 is 23.8 Å². The molecule has 1 aromatic carbocycles. The Morgan fingerprint density at radius 1 is 1.33 bits per heavy atom. The number of benzene rings is 1. The fourth-order valence-electron chi connectivity index (χ4n) is 2.17. The summed E-state index contributed by atoms with van der Waals surface area (Å²) in [6.45, 7) is 5.49. The Bertz CT molecular complexity index is 1110. The number of H-pyrrole nitrogens is 1. The molecule has 30 heavy (non-hydrogen) atoms. The van der Waals surface area contributed by atoms with Crippen molar-refractivity contribution in [2.45, 2.75) is 26.2 Å². The Morgan fingerprint density at radius 3 is 2.60 bits per heavy atom. The molecule has 2 rings (SSSR count). The van der Waals surface area contributed by atoms with Crippen molar-refractivity contribution in [2.75, 3.05) is 5.43 Å². The van der Waals surface area contributed by atoms with Crippen LogP contribution in [0.15, 0.2) is 34.2 Å². The fraction of sp³-hybridized carbons (Fsp3) is 0.222. The largest absolute Gasteiger partial charge is 0.465 e. The number of ether oxygens (including phenoxy) is 1. The molecule has 0 saturated heterocycles. The average Bonchev–Trinajstić information content (AvgIpc) is 2.64. The molecule has 2 aromatic rings. The van der Waals surface area contributed by atoms with Crippen LogP contribution in [-0.2, 0) is 10.2 Å². The SMILES string of the molecule is CC(C)(C)c1cc(Oc2ccc(N/N=C(/C#N)C(=O)NC(=O)O)cc2F)n[nH]c1=O. The molecule has 0 bridgehead atoms. The molecular formula is C18H17FN6O5. The van der Waals surface area contributed by atoms with E-state index in [0.29, 0.717) is 5.56 Å². The highest BCUT2D eigenvalue weighted by atomic mass is 19.1. The third kappa shape index (κ3) is 5.61. The summed E-state index contributed by atoms with van der Waals surface area (Å²) in [5.41, 5.74) is 1.10. The number of aromatic amines is 1. The number of nitrogens with one attached hydrogen (secondary N) is 3. The lowest BCUT2D eigenvalue weighted by Gasteiger charge is -2.17. The van der Waals surface area contributed by atoms with Crippen LogP contribution in [0.3, 0.4) is 0 Å². The average molecular weight is 416 g/mol. The number of hydrazone groups is 1. The molecule has 0 spiro atoms. The number of anilines is 1. The van der Waals surface area contributed by atoms with Gasteiger partial charge in [0.25, 0.3) is 11.5 Å². The molecule has 156 valence electrons. The number of hydrogen-bond donors (Lipinski definition) is 4. The highest BCUT2D eigenvalue weighted by Crippen LogP contribution is 2.27. The summed E-state index contributed by atoms with van der Waals surface area (Å²) >= 11 is 0. The van der Waals surface area contributed by atoms with Crippen LogP contribution in [0, 0.1) is 17.1 Å². The normalized spacial score (nSPS) is 11.4. The van der Waals surface area contributed by atoms with E-state index < -0.39 is 28.9 Å². The smallest absolute Gasteiger partial charge is 0.411 e. The van der Waals surface area contributed by atoms with Crippen molar-refractivity contribution in [1.29, 1.82) is 5.26 Å². The molecule has 12 heteroatoms. The van der Waals surface area contributed by atoms with Gasteiger partial charge in [-0.2, -0.15) is 10.4 Å². The molecule has 11 nitrogen and oxygen atoms in total. The third-order valence-electron chi connectivity index (χ3n) is 3.57. The van der Waals surface area contributed by atoms with Gasteiger partial charge in [0.2, 0.25) is 11.6 Å². The number of hydrogen-bond acceptors (Lipinski definition) is 8. The number of rotatable bonds is 5. The van der Waals surface area contributed by atoms with E-state index >= 15 is 0 Å².